The molecule has 3 rings (SSSR count). The van der Waals surface area contributed by atoms with Crippen LogP contribution in [0.15, 0.2) is 6.07 Å². The van der Waals surface area contributed by atoms with Gasteiger partial charge in [-0.05, 0) is 38.8 Å². The molecule has 1 aliphatic rings. The maximum Gasteiger partial charge on any atom is 0.341 e. The third-order valence-corrected chi connectivity index (χ3v) is 7.95. The van der Waals surface area contributed by atoms with E-state index in [0.29, 0.717) is 26.6 Å². The van der Waals surface area contributed by atoms with Gasteiger partial charge in [0.2, 0.25) is 0 Å². The molecule has 26 heavy (non-hydrogen) atoms. The molecule has 9 heteroatoms. The number of rotatable bonds is 4. The summed E-state index contributed by atoms with van der Waals surface area (Å²) >= 11 is 2.67. The topological polar surface area (TPSA) is 89.5 Å². The van der Waals surface area contributed by atoms with Crippen LogP contribution in [0.1, 0.15) is 47.8 Å². The second-order valence-electron chi connectivity index (χ2n) is 6.05. The van der Waals surface area contributed by atoms with E-state index in [2.05, 4.69) is 5.32 Å². The third kappa shape index (κ3) is 3.70. The number of carbonyl (C=O) groups is 2. The van der Waals surface area contributed by atoms with Crippen LogP contribution in [0.5, 0.6) is 0 Å². The molecule has 1 aliphatic heterocycles. The van der Waals surface area contributed by atoms with Crippen molar-refractivity contribution < 1.29 is 22.7 Å². The van der Waals surface area contributed by atoms with E-state index in [0.717, 1.165) is 21.1 Å². The first-order valence-electron chi connectivity index (χ1n) is 8.12. The van der Waals surface area contributed by atoms with Gasteiger partial charge in [-0.2, -0.15) is 0 Å². The number of sulfone groups is 1. The number of amides is 1. The predicted molar refractivity (Wildman–Crippen MR) is 103 cm³/mol. The van der Waals surface area contributed by atoms with Crippen LogP contribution in [-0.4, -0.2) is 32.7 Å². The zero-order chi connectivity index (χ0) is 19.1. The van der Waals surface area contributed by atoms with Crippen LogP contribution in [0.2, 0.25) is 0 Å². The standard InChI is InChI=1S/C17H19NO5S3/c1-4-23-17(20)14-11-5-6-26(21,22)8-13(11)25-16(14)18-15(19)12-7-9(2)24-10(12)3/h7H,4-6,8H2,1-3H3,(H,18,19). The number of thiophene rings is 2. The molecule has 1 N–H and O–H groups in total. The van der Waals surface area contributed by atoms with E-state index in [4.69, 9.17) is 4.74 Å². The fraction of sp³-hybridized carbons (Fsp3) is 0.412. The summed E-state index contributed by atoms with van der Waals surface area (Å²) in [6.07, 6.45) is 0.259. The molecule has 1 amide bonds. The highest BCUT2D eigenvalue weighted by molar-refractivity contribution is 7.90. The Morgan fingerprint density at radius 1 is 1.27 bits per heavy atom. The van der Waals surface area contributed by atoms with Crippen LogP contribution >= 0.6 is 22.7 Å². The second kappa shape index (κ2) is 7.13. The van der Waals surface area contributed by atoms with Crippen LogP contribution in [0, 0.1) is 13.8 Å². The van der Waals surface area contributed by atoms with Crippen LogP contribution < -0.4 is 5.32 Å². The molecular formula is C17H19NO5S3. The molecule has 0 atom stereocenters. The molecule has 0 unspecified atom stereocenters. The van der Waals surface area contributed by atoms with E-state index in [1.165, 1.54) is 11.3 Å². The Hall–Kier alpha value is -1.71. The van der Waals surface area contributed by atoms with Crippen LogP contribution in [-0.2, 0) is 26.7 Å². The number of hydrogen-bond acceptors (Lipinski definition) is 7. The third-order valence-electron chi connectivity index (χ3n) is 4.10. The lowest BCUT2D eigenvalue weighted by Crippen LogP contribution is -2.20. The molecule has 0 aromatic carbocycles. The Morgan fingerprint density at radius 2 is 2.00 bits per heavy atom. The van der Waals surface area contributed by atoms with Crippen molar-refractivity contribution in [2.75, 3.05) is 17.7 Å². The van der Waals surface area contributed by atoms with Gasteiger partial charge >= 0.3 is 5.97 Å². The zero-order valence-electron chi connectivity index (χ0n) is 14.7. The minimum Gasteiger partial charge on any atom is -0.462 e. The lowest BCUT2D eigenvalue weighted by molar-refractivity contribution is 0.0527. The molecule has 3 heterocycles. The molecule has 2 aromatic rings. The largest absolute Gasteiger partial charge is 0.462 e. The van der Waals surface area contributed by atoms with Gasteiger partial charge in [0.05, 0.1) is 29.2 Å². The second-order valence-corrected chi connectivity index (χ2v) is 10.8. The number of carbonyl (C=O) groups excluding carboxylic acids is 2. The van der Waals surface area contributed by atoms with E-state index >= 15 is 0 Å². The monoisotopic (exact) mass is 413 g/mol. The van der Waals surface area contributed by atoms with Crippen molar-refractivity contribution in [3.63, 3.8) is 0 Å². The van der Waals surface area contributed by atoms with Gasteiger partial charge in [-0.25, -0.2) is 13.2 Å². The number of nitrogens with one attached hydrogen (secondary N) is 1. The summed E-state index contributed by atoms with van der Waals surface area (Å²) in [4.78, 5) is 27.6. The molecule has 0 bridgehead atoms. The number of aryl methyl sites for hydroxylation is 2. The van der Waals surface area contributed by atoms with Crippen LogP contribution in [0.4, 0.5) is 5.00 Å². The molecule has 0 saturated heterocycles. The van der Waals surface area contributed by atoms with Crippen molar-refractivity contribution in [2.24, 2.45) is 0 Å². The highest BCUT2D eigenvalue weighted by Crippen LogP contribution is 2.38. The fourth-order valence-electron chi connectivity index (χ4n) is 2.96. The lowest BCUT2D eigenvalue weighted by atomic mass is 10.1. The van der Waals surface area contributed by atoms with Gasteiger partial charge in [-0.1, -0.05) is 0 Å². The summed E-state index contributed by atoms with van der Waals surface area (Å²) in [6, 6.07) is 1.80. The van der Waals surface area contributed by atoms with E-state index in [9.17, 15) is 18.0 Å². The summed E-state index contributed by atoms with van der Waals surface area (Å²) in [6.45, 7) is 5.70. The fourth-order valence-corrected chi connectivity index (χ4v) is 6.91. The van der Waals surface area contributed by atoms with Crippen molar-refractivity contribution in [3.05, 3.63) is 37.4 Å². The van der Waals surface area contributed by atoms with Crippen molar-refractivity contribution in [2.45, 2.75) is 32.9 Å². The van der Waals surface area contributed by atoms with E-state index in [1.807, 2.05) is 13.8 Å². The van der Waals surface area contributed by atoms with Gasteiger partial charge in [0, 0.05) is 14.6 Å². The molecule has 2 aromatic heterocycles. The molecule has 0 radical (unpaired) electrons. The zero-order valence-corrected chi connectivity index (χ0v) is 17.1. The lowest BCUT2D eigenvalue weighted by Gasteiger charge is -2.13. The maximum atomic E-state index is 12.7. The van der Waals surface area contributed by atoms with Gasteiger partial charge in [0.25, 0.3) is 5.91 Å². The van der Waals surface area contributed by atoms with Gasteiger partial charge in [-0.15, -0.1) is 22.7 Å². The van der Waals surface area contributed by atoms with E-state index < -0.39 is 15.8 Å². The molecule has 140 valence electrons. The number of anilines is 1. The highest BCUT2D eigenvalue weighted by atomic mass is 32.2. The first kappa shape index (κ1) is 19.1. The maximum absolute atomic E-state index is 12.7. The van der Waals surface area contributed by atoms with Gasteiger partial charge in [0.1, 0.15) is 5.00 Å². The first-order chi connectivity index (χ1) is 12.2. The molecular weight excluding hydrogens is 394 g/mol. The van der Waals surface area contributed by atoms with Gasteiger partial charge in [0.15, 0.2) is 9.84 Å². The summed E-state index contributed by atoms with van der Waals surface area (Å²) in [5.74, 6) is -0.942. The number of esters is 1. The van der Waals surface area contributed by atoms with Crippen LogP contribution in [0.25, 0.3) is 0 Å². The quantitative estimate of drug-likeness (QED) is 0.777. The molecule has 0 aliphatic carbocycles. The van der Waals surface area contributed by atoms with Gasteiger partial charge in [-0.3, -0.25) is 4.79 Å². The number of hydrogen-bond donors (Lipinski definition) is 1. The Kier molecular flexibility index (Phi) is 5.23. The molecule has 0 spiro atoms. The van der Waals surface area contributed by atoms with E-state index in [1.54, 1.807) is 13.0 Å². The average Bonchev–Trinajstić information content (AvgIpc) is 3.05. The molecule has 0 fully saturated rings. The Labute approximate surface area is 160 Å². The summed E-state index contributed by atoms with van der Waals surface area (Å²) in [7, 11) is -3.17. The van der Waals surface area contributed by atoms with Gasteiger partial charge < -0.3 is 10.1 Å². The first-order valence-corrected chi connectivity index (χ1v) is 11.6. The van der Waals surface area contributed by atoms with Crippen molar-refractivity contribution in [1.82, 2.24) is 0 Å². The molecule has 6 nitrogen and oxygen atoms in total. The normalized spacial score (nSPS) is 15.3. The minimum absolute atomic E-state index is 0.000637. The number of fused-ring (bicyclic) bond motifs is 1. The SMILES string of the molecule is CCOC(=O)c1c(NC(=O)c2cc(C)sc2C)sc2c1CCS(=O)(=O)C2. The van der Waals surface area contributed by atoms with Crippen molar-refractivity contribution in [3.8, 4) is 0 Å². The van der Waals surface area contributed by atoms with Crippen molar-refractivity contribution in [1.29, 1.82) is 0 Å². The smallest absolute Gasteiger partial charge is 0.341 e. The summed E-state index contributed by atoms with van der Waals surface area (Å²) < 4.78 is 29.0. The average molecular weight is 414 g/mol. The van der Waals surface area contributed by atoms with Crippen molar-refractivity contribution >= 4 is 49.4 Å². The van der Waals surface area contributed by atoms with Crippen LogP contribution in [0.3, 0.4) is 0 Å². The molecule has 0 saturated carbocycles. The Balaban J connectivity index is 2.00. The Morgan fingerprint density at radius 3 is 2.62 bits per heavy atom. The minimum atomic E-state index is -3.17. The van der Waals surface area contributed by atoms with E-state index in [-0.39, 0.29) is 30.4 Å². The number of ether oxygens (including phenoxy) is 1. The Bertz CT molecular complexity index is 984. The summed E-state index contributed by atoms with van der Waals surface area (Å²) in [5.41, 5.74) is 1.53. The highest BCUT2D eigenvalue weighted by Gasteiger charge is 2.32. The predicted octanol–water partition coefficient (Wildman–Crippen LogP) is 3.33. The summed E-state index contributed by atoms with van der Waals surface area (Å²) in [5, 5.41) is 3.16.